The predicted octanol–water partition coefficient (Wildman–Crippen LogP) is 5.29. The molecule has 2 aromatic heterocycles. The van der Waals surface area contributed by atoms with Crippen LogP contribution >= 0.6 is 11.3 Å². The van der Waals surface area contributed by atoms with Crippen molar-refractivity contribution in [3.05, 3.63) is 29.8 Å². The van der Waals surface area contributed by atoms with Gasteiger partial charge >= 0.3 is 0 Å². The predicted molar refractivity (Wildman–Crippen MR) is 101 cm³/mol. The van der Waals surface area contributed by atoms with Crippen LogP contribution in [0, 0.1) is 5.92 Å². The first-order valence-corrected chi connectivity index (χ1v) is 9.48. The average molecular weight is 341 g/mol. The van der Waals surface area contributed by atoms with Crippen molar-refractivity contribution in [1.82, 2.24) is 9.97 Å². The van der Waals surface area contributed by atoms with Crippen LogP contribution in [0.1, 0.15) is 32.6 Å². The molecule has 24 heavy (non-hydrogen) atoms. The minimum atomic E-state index is 0.566. The van der Waals surface area contributed by atoms with Crippen molar-refractivity contribution >= 4 is 27.4 Å². The van der Waals surface area contributed by atoms with Crippen LogP contribution < -0.4 is 10.1 Å². The van der Waals surface area contributed by atoms with Gasteiger partial charge in [-0.1, -0.05) is 19.8 Å². The van der Waals surface area contributed by atoms with Crippen LogP contribution in [-0.4, -0.2) is 23.1 Å². The topological polar surface area (TPSA) is 49.9 Å². The fourth-order valence-electron chi connectivity index (χ4n) is 3.64. The number of rotatable bonds is 4. The van der Waals surface area contributed by atoms with Gasteiger partial charge in [-0.3, -0.25) is 0 Å². The Morgan fingerprint density at radius 2 is 2.25 bits per heavy atom. The number of aromatic nitrogens is 2. The number of H-pyrrole nitrogens is 1. The lowest BCUT2D eigenvalue weighted by Crippen LogP contribution is -2.26. The van der Waals surface area contributed by atoms with Gasteiger partial charge < -0.3 is 15.0 Å². The Morgan fingerprint density at radius 1 is 1.33 bits per heavy atom. The second-order valence-corrected chi connectivity index (χ2v) is 7.62. The number of benzene rings is 1. The van der Waals surface area contributed by atoms with E-state index in [4.69, 9.17) is 9.72 Å². The van der Waals surface area contributed by atoms with Gasteiger partial charge in [0.1, 0.15) is 5.75 Å². The Bertz CT molecular complexity index is 838. The lowest BCUT2D eigenvalue weighted by molar-refractivity contribution is 0.358. The van der Waals surface area contributed by atoms with Gasteiger partial charge in [0.15, 0.2) is 5.13 Å². The molecule has 0 amide bonds. The van der Waals surface area contributed by atoms with E-state index in [0.29, 0.717) is 6.04 Å². The Labute approximate surface area is 146 Å². The highest BCUT2D eigenvalue weighted by Gasteiger charge is 2.20. The molecule has 0 saturated heterocycles. The Kier molecular flexibility index (Phi) is 4.19. The summed E-state index contributed by atoms with van der Waals surface area (Å²) in [7, 11) is 1.70. The summed E-state index contributed by atoms with van der Waals surface area (Å²) in [5.41, 5.74) is 3.26. The van der Waals surface area contributed by atoms with Crippen molar-refractivity contribution in [2.45, 2.75) is 38.6 Å². The van der Waals surface area contributed by atoms with Gasteiger partial charge in [-0.15, -0.1) is 11.3 Å². The van der Waals surface area contributed by atoms with Crippen LogP contribution in [0.25, 0.3) is 22.2 Å². The first-order chi connectivity index (χ1) is 11.7. The number of hydrogen-bond acceptors (Lipinski definition) is 4. The van der Waals surface area contributed by atoms with Gasteiger partial charge in [0, 0.05) is 34.1 Å². The molecule has 0 bridgehead atoms. The van der Waals surface area contributed by atoms with Crippen LogP contribution in [0.15, 0.2) is 29.8 Å². The third kappa shape index (κ3) is 3.00. The Hall–Kier alpha value is -2.01. The highest BCUT2D eigenvalue weighted by Crippen LogP contribution is 2.34. The van der Waals surface area contributed by atoms with Gasteiger partial charge in [0.05, 0.1) is 12.8 Å². The molecule has 2 N–H and O–H groups in total. The molecule has 2 atom stereocenters. The van der Waals surface area contributed by atoms with E-state index in [1.54, 1.807) is 18.4 Å². The van der Waals surface area contributed by atoms with Gasteiger partial charge in [0.25, 0.3) is 0 Å². The second kappa shape index (κ2) is 6.48. The lowest BCUT2D eigenvalue weighted by Gasteiger charge is -2.27. The maximum atomic E-state index is 5.35. The van der Waals surface area contributed by atoms with E-state index >= 15 is 0 Å². The first-order valence-electron chi connectivity index (χ1n) is 8.60. The number of thiazole rings is 1. The van der Waals surface area contributed by atoms with E-state index in [0.717, 1.165) is 39.0 Å². The van der Waals surface area contributed by atoms with E-state index in [-0.39, 0.29) is 0 Å². The molecule has 4 nitrogen and oxygen atoms in total. The molecule has 4 rings (SSSR count). The molecule has 5 heteroatoms. The van der Waals surface area contributed by atoms with Gasteiger partial charge in [0.2, 0.25) is 0 Å². The molecule has 0 spiro atoms. The minimum Gasteiger partial charge on any atom is -0.497 e. The number of anilines is 1. The first kappa shape index (κ1) is 15.5. The zero-order valence-corrected chi connectivity index (χ0v) is 15.0. The maximum absolute atomic E-state index is 5.35. The molecular formula is C19H23N3OS. The summed E-state index contributed by atoms with van der Waals surface area (Å²) in [6.07, 6.45) is 7.21. The molecular weight excluding hydrogens is 318 g/mol. The summed E-state index contributed by atoms with van der Waals surface area (Å²) in [6.45, 7) is 2.35. The Morgan fingerprint density at radius 3 is 3.08 bits per heavy atom. The molecule has 1 aliphatic carbocycles. The molecule has 1 aliphatic rings. The summed E-state index contributed by atoms with van der Waals surface area (Å²) in [5, 5.41) is 7.95. The van der Waals surface area contributed by atoms with Crippen molar-refractivity contribution in [3.8, 4) is 17.0 Å². The third-order valence-electron chi connectivity index (χ3n) is 4.93. The summed E-state index contributed by atoms with van der Waals surface area (Å²) < 4.78 is 5.35. The monoisotopic (exact) mass is 341 g/mol. The molecule has 2 heterocycles. The van der Waals surface area contributed by atoms with E-state index in [2.05, 4.69) is 28.7 Å². The van der Waals surface area contributed by atoms with Gasteiger partial charge in [-0.05, 0) is 37.0 Å². The van der Waals surface area contributed by atoms with Crippen molar-refractivity contribution in [2.75, 3.05) is 12.4 Å². The molecule has 1 aromatic carbocycles. The van der Waals surface area contributed by atoms with Gasteiger partial charge in [-0.2, -0.15) is 0 Å². The van der Waals surface area contributed by atoms with E-state index < -0.39 is 0 Å². The van der Waals surface area contributed by atoms with Crippen LogP contribution in [0.4, 0.5) is 5.13 Å². The second-order valence-electron chi connectivity index (χ2n) is 6.76. The van der Waals surface area contributed by atoms with Crippen molar-refractivity contribution < 1.29 is 4.74 Å². The molecule has 126 valence electrons. The van der Waals surface area contributed by atoms with Crippen molar-refractivity contribution in [3.63, 3.8) is 0 Å². The normalized spacial score (nSPS) is 21.1. The van der Waals surface area contributed by atoms with Crippen molar-refractivity contribution in [1.29, 1.82) is 0 Å². The molecule has 0 aliphatic heterocycles. The number of aromatic amines is 1. The Balaban J connectivity index is 1.58. The van der Waals surface area contributed by atoms with Crippen molar-refractivity contribution in [2.24, 2.45) is 5.92 Å². The van der Waals surface area contributed by atoms with E-state index in [9.17, 15) is 0 Å². The fourth-order valence-corrected chi connectivity index (χ4v) is 4.43. The highest BCUT2D eigenvalue weighted by molar-refractivity contribution is 7.14. The largest absolute Gasteiger partial charge is 0.497 e. The zero-order chi connectivity index (χ0) is 16.5. The quantitative estimate of drug-likeness (QED) is 0.678. The summed E-state index contributed by atoms with van der Waals surface area (Å²) >= 11 is 1.69. The third-order valence-corrected chi connectivity index (χ3v) is 5.71. The van der Waals surface area contributed by atoms with Crippen LogP contribution in [0.3, 0.4) is 0 Å². The number of methoxy groups -OCH3 is 1. The molecule has 1 saturated carbocycles. The standard InChI is InChI=1S/C19H23N3OS/c1-12-4-3-5-13(8-12)21-19-22-18(11-24-19)16-10-20-17-7-6-14(23-2)9-15(16)17/h6-7,9-13,20H,3-5,8H2,1-2H3,(H,21,22)/t12-,13+/m1/s1. The number of nitrogens with one attached hydrogen (secondary N) is 2. The lowest BCUT2D eigenvalue weighted by atomic mass is 9.87. The molecule has 3 aromatic rings. The summed E-state index contributed by atoms with van der Waals surface area (Å²) in [4.78, 5) is 8.15. The summed E-state index contributed by atoms with van der Waals surface area (Å²) in [5.74, 6) is 1.69. The number of fused-ring (bicyclic) bond motifs is 1. The smallest absolute Gasteiger partial charge is 0.183 e. The highest BCUT2D eigenvalue weighted by atomic mass is 32.1. The average Bonchev–Trinajstić information content (AvgIpc) is 3.20. The zero-order valence-electron chi connectivity index (χ0n) is 14.1. The fraction of sp³-hybridized carbons (Fsp3) is 0.421. The molecule has 0 unspecified atom stereocenters. The minimum absolute atomic E-state index is 0.566. The SMILES string of the molecule is COc1ccc2[nH]cc(-c3csc(N[C@H]4CCC[C@@H](C)C4)n3)c2c1. The number of nitrogens with zero attached hydrogens (tertiary/aromatic N) is 1. The van der Waals surface area contributed by atoms with E-state index in [1.165, 1.54) is 25.7 Å². The van der Waals surface area contributed by atoms with E-state index in [1.807, 2.05) is 18.3 Å². The molecule has 0 radical (unpaired) electrons. The van der Waals surface area contributed by atoms with Crippen LogP contribution in [-0.2, 0) is 0 Å². The number of ether oxygens (including phenoxy) is 1. The van der Waals surface area contributed by atoms with Gasteiger partial charge in [-0.25, -0.2) is 4.98 Å². The summed E-state index contributed by atoms with van der Waals surface area (Å²) in [6, 6.07) is 6.65. The number of hydrogen-bond donors (Lipinski definition) is 2. The maximum Gasteiger partial charge on any atom is 0.183 e. The molecule has 1 fully saturated rings. The van der Waals surface area contributed by atoms with Crippen LogP contribution in [0.2, 0.25) is 0 Å². The van der Waals surface area contributed by atoms with Crippen LogP contribution in [0.5, 0.6) is 5.75 Å².